The number of aliphatic hydroxyl groups is 3. The Bertz CT molecular complexity index is 1330. The van der Waals surface area contributed by atoms with Crippen molar-refractivity contribution >= 4 is 16.9 Å². The summed E-state index contributed by atoms with van der Waals surface area (Å²) in [7, 11) is 1.11. The molecule has 2 heterocycles. The van der Waals surface area contributed by atoms with E-state index in [1.54, 1.807) is 0 Å². The molecule has 35 heavy (non-hydrogen) atoms. The van der Waals surface area contributed by atoms with E-state index in [2.05, 4.69) is 0 Å². The highest BCUT2D eigenvalue weighted by atomic mass is 16.7. The number of rotatable bonds is 5. The van der Waals surface area contributed by atoms with Crippen molar-refractivity contribution in [2.24, 2.45) is 0 Å². The van der Waals surface area contributed by atoms with Crippen LogP contribution in [0.4, 0.5) is 0 Å². The summed E-state index contributed by atoms with van der Waals surface area (Å²) in [4.78, 5) is 24.2. The topological polar surface area (TPSA) is 217 Å². The Hall–Kier alpha value is -4.04. The summed E-state index contributed by atoms with van der Waals surface area (Å²) in [6, 6.07) is 6.37. The van der Waals surface area contributed by atoms with Crippen LogP contribution in [0.5, 0.6) is 28.7 Å². The van der Waals surface area contributed by atoms with Crippen LogP contribution in [0.2, 0.25) is 0 Å². The number of aliphatic hydroxyl groups excluding tert-OH is 3. The van der Waals surface area contributed by atoms with Crippen molar-refractivity contribution in [3.8, 4) is 40.1 Å². The molecule has 7 N–H and O–H groups in total. The van der Waals surface area contributed by atoms with E-state index in [1.807, 2.05) is 0 Å². The summed E-state index contributed by atoms with van der Waals surface area (Å²) in [5.41, 5.74) is -1.11. The lowest BCUT2D eigenvalue weighted by atomic mass is 9.99. The van der Waals surface area contributed by atoms with Gasteiger partial charge in [0.1, 0.15) is 35.0 Å². The van der Waals surface area contributed by atoms with Gasteiger partial charge in [-0.05, 0) is 24.3 Å². The number of hydrogen-bond donors (Lipinski definition) is 7. The molecule has 0 spiro atoms. The fourth-order valence-electron chi connectivity index (χ4n) is 3.65. The predicted octanol–water partition coefficient (Wildman–Crippen LogP) is -0.144. The van der Waals surface area contributed by atoms with Gasteiger partial charge in [0.2, 0.25) is 23.2 Å². The molecule has 1 aliphatic rings. The van der Waals surface area contributed by atoms with E-state index in [4.69, 9.17) is 18.6 Å². The first kappa shape index (κ1) is 24.1. The molecule has 0 radical (unpaired) electrons. The Morgan fingerprint density at radius 3 is 2.23 bits per heavy atom. The van der Waals surface area contributed by atoms with Gasteiger partial charge in [0.15, 0.2) is 23.4 Å². The summed E-state index contributed by atoms with van der Waals surface area (Å²) < 4.78 is 21.2. The Labute approximate surface area is 195 Å². The quantitative estimate of drug-likeness (QED) is 0.247. The van der Waals surface area contributed by atoms with Crippen LogP contribution < -0.4 is 14.9 Å². The monoisotopic (exact) mass is 492 g/mol. The van der Waals surface area contributed by atoms with Crippen molar-refractivity contribution in [1.29, 1.82) is 0 Å². The van der Waals surface area contributed by atoms with Gasteiger partial charge in [-0.1, -0.05) is 0 Å². The fraction of sp³-hybridized carbons (Fsp3) is 0.273. The Morgan fingerprint density at radius 1 is 0.971 bits per heavy atom. The molecule has 13 nitrogen and oxygen atoms in total. The van der Waals surface area contributed by atoms with Crippen molar-refractivity contribution in [3.63, 3.8) is 0 Å². The molecule has 2 aromatic carbocycles. The van der Waals surface area contributed by atoms with Crippen LogP contribution in [0, 0.1) is 0 Å². The predicted molar refractivity (Wildman–Crippen MR) is 114 cm³/mol. The highest BCUT2D eigenvalue weighted by Gasteiger charge is 2.48. The van der Waals surface area contributed by atoms with Crippen LogP contribution >= 0.6 is 0 Å². The number of aliphatic carboxylic acids is 1. The second-order valence-electron chi connectivity index (χ2n) is 7.64. The van der Waals surface area contributed by atoms with E-state index in [-0.39, 0.29) is 28.4 Å². The first-order chi connectivity index (χ1) is 16.5. The van der Waals surface area contributed by atoms with Gasteiger partial charge in [-0.2, -0.15) is 0 Å². The SMILES string of the molecule is COc1c(OC2OC(C(=O)O)C(O)C(O)C2O)cc2oc(-c3ccc(O)cc3)c(O)c(=O)c2c1O. The highest BCUT2D eigenvalue weighted by Crippen LogP contribution is 2.44. The summed E-state index contributed by atoms with van der Waals surface area (Å²) in [6.45, 7) is 0. The third-order valence-corrected chi connectivity index (χ3v) is 5.44. The molecule has 0 bridgehead atoms. The molecule has 186 valence electrons. The molecule has 0 amide bonds. The number of methoxy groups -OCH3 is 1. The van der Waals surface area contributed by atoms with Gasteiger partial charge < -0.3 is 54.4 Å². The zero-order valence-electron chi connectivity index (χ0n) is 17.9. The Balaban J connectivity index is 1.84. The summed E-state index contributed by atoms with van der Waals surface area (Å²) >= 11 is 0. The van der Waals surface area contributed by atoms with E-state index in [9.17, 15) is 45.3 Å². The summed E-state index contributed by atoms with van der Waals surface area (Å²) in [5, 5.41) is 69.3. The lowest BCUT2D eigenvalue weighted by molar-refractivity contribution is -0.271. The number of fused-ring (bicyclic) bond motifs is 1. The van der Waals surface area contributed by atoms with E-state index in [0.29, 0.717) is 0 Å². The van der Waals surface area contributed by atoms with Crippen molar-refractivity contribution in [2.75, 3.05) is 7.11 Å². The maximum absolute atomic E-state index is 12.8. The molecule has 1 aromatic heterocycles. The fourth-order valence-corrected chi connectivity index (χ4v) is 3.65. The number of carbonyl (C=O) groups is 1. The van der Waals surface area contributed by atoms with E-state index in [0.717, 1.165) is 13.2 Å². The first-order valence-corrected chi connectivity index (χ1v) is 10.0. The Kier molecular flexibility index (Phi) is 6.17. The summed E-state index contributed by atoms with van der Waals surface area (Å²) in [6.07, 6.45) is -9.62. The third-order valence-electron chi connectivity index (χ3n) is 5.44. The van der Waals surface area contributed by atoms with Gasteiger partial charge in [0.25, 0.3) is 0 Å². The smallest absolute Gasteiger partial charge is 0.335 e. The number of ether oxygens (including phenoxy) is 3. The molecule has 5 unspecified atom stereocenters. The van der Waals surface area contributed by atoms with E-state index in [1.165, 1.54) is 24.3 Å². The number of hydrogen-bond acceptors (Lipinski definition) is 12. The van der Waals surface area contributed by atoms with Crippen LogP contribution in [0.15, 0.2) is 39.5 Å². The zero-order chi connectivity index (χ0) is 25.6. The molecule has 1 aliphatic heterocycles. The van der Waals surface area contributed by atoms with Crippen molar-refractivity contribution in [3.05, 3.63) is 40.6 Å². The molecular formula is C22H20O13. The molecule has 13 heteroatoms. The average Bonchev–Trinajstić information content (AvgIpc) is 2.82. The van der Waals surface area contributed by atoms with Gasteiger partial charge >= 0.3 is 5.97 Å². The third kappa shape index (κ3) is 4.06. The lowest BCUT2D eigenvalue weighted by Crippen LogP contribution is -2.61. The van der Waals surface area contributed by atoms with Crippen LogP contribution in [0.25, 0.3) is 22.3 Å². The van der Waals surface area contributed by atoms with Gasteiger partial charge in [0, 0.05) is 11.6 Å². The second-order valence-corrected chi connectivity index (χ2v) is 7.64. The molecule has 3 aromatic rings. The number of phenols is 2. The molecule has 1 saturated heterocycles. The zero-order valence-corrected chi connectivity index (χ0v) is 17.9. The molecule has 5 atom stereocenters. The maximum atomic E-state index is 12.8. The maximum Gasteiger partial charge on any atom is 0.335 e. The second kappa shape index (κ2) is 8.96. The van der Waals surface area contributed by atoms with Gasteiger partial charge in [-0.25, -0.2) is 4.79 Å². The first-order valence-electron chi connectivity index (χ1n) is 10.0. The van der Waals surface area contributed by atoms with E-state index >= 15 is 0 Å². The van der Waals surface area contributed by atoms with Crippen molar-refractivity contribution in [2.45, 2.75) is 30.7 Å². The highest BCUT2D eigenvalue weighted by molar-refractivity contribution is 5.91. The number of carboxylic acid groups (broad SMARTS) is 1. The number of phenolic OH excluding ortho intramolecular Hbond substituents is 2. The summed E-state index contributed by atoms with van der Waals surface area (Å²) in [5.74, 6) is -4.48. The Morgan fingerprint density at radius 2 is 1.63 bits per heavy atom. The normalized spacial score (nSPS) is 24.3. The van der Waals surface area contributed by atoms with Gasteiger partial charge in [-0.3, -0.25) is 4.79 Å². The largest absolute Gasteiger partial charge is 0.508 e. The van der Waals surface area contributed by atoms with Crippen LogP contribution in [-0.4, -0.2) is 79.5 Å². The van der Waals surface area contributed by atoms with Gasteiger partial charge in [-0.15, -0.1) is 0 Å². The molecule has 1 fully saturated rings. The minimum Gasteiger partial charge on any atom is -0.508 e. The molecule has 0 aliphatic carbocycles. The van der Waals surface area contributed by atoms with Crippen molar-refractivity contribution in [1.82, 2.24) is 0 Å². The molecular weight excluding hydrogens is 472 g/mol. The number of benzene rings is 2. The minimum atomic E-state index is -1.96. The number of carboxylic acids is 1. The van der Waals surface area contributed by atoms with Crippen LogP contribution in [-0.2, 0) is 9.53 Å². The van der Waals surface area contributed by atoms with Crippen LogP contribution in [0.1, 0.15) is 0 Å². The van der Waals surface area contributed by atoms with Crippen molar-refractivity contribution < 1.29 is 59.2 Å². The van der Waals surface area contributed by atoms with E-state index < -0.39 is 64.7 Å². The average molecular weight is 492 g/mol. The molecule has 0 saturated carbocycles. The standard InChI is InChI=1S/C22H20O13/c1-32-19-10(34-22-17(29)14(26)16(28)20(35-22)21(30)31)6-9-11(13(19)25)12(24)15(27)18(33-9)7-2-4-8(23)5-3-7/h2-6,14,16-17,20,22-23,25-29H,1H3,(H,30,31). The lowest BCUT2D eigenvalue weighted by Gasteiger charge is -2.38. The number of aromatic hydroxyl groups is 3. The van der Waals surface area contributed by atoms with Gasteiger partial charge in [0.05, 0.1) is 7.11 Å². The minimum absolute atomic E-state index is 0.0764. The molecule has 4 rings (SSSR count). The van der Waals surface area contributed by atoms with Crippen LogP contribution in [0.3, 0.4) is 0 Å².